The number of carbonyl (C=O) groups excluding carboxylic acids is 2. The van der Waals surface area contributed by atoms with E-state index in [1.165, 1.54) is 12.1 Å². The van der Waals surface area contributed by atoms with Crippen molar-refractivity contribution in [1.82, 2.24) is 14.8 Å². The molecular weight excluding hydrogens is 437 g/mol. The van der Waals surface area contributed by atoms with E-state index in [1.807, 2.05) is 6.92 Å². The molecule has 1 aliphatic carbocycles. The molecule has 34 heavy (non-hydrogen) atoms. The highest BCUT2D eigenvalue weighted by Crippen LogP contribution is 2.32. The van der Waals surface area contributed by atoms with Crippen LogP contribution in [0, 0.1) is 17.7 Å². The first-order chi connectivity index (χ1) is 16.3. The number of rotatable bonds is 6. The number of nitrogens with zero attached hydrogens (tertiary/aromatic N) is 3. The Balaban J connectivity index is 1.68. The molecule has 1 saturated carbocycles. The van der Waals surface area contributed by atoms with Gasteiger partial charge in [0.1, 0.15) is 17.5 Å². The van der Waals surface area contributed by atoms with Crippen molar-refractivity contribution in [1.29, 1.82) is 0 Å². The predicted molar refractivity (Wildman–Crippen MR) is 126 cm³/mol. The standard InChI is InChI=1S/C26H32FN3O4/c1-16-13-30(17(2)15-31)26(33)22-11-20(19-8-5-9-21(27)10-19)12-28-24(22)34-23(16)14-29(3)25(32)18-6-4-7-18/h5,8-12,16-18,23,31H,4,6-7,13-15H2,1-3H3/t16-,17-,23-/m1/s1. The van der Waals surface area contributed by atoms with E-state index >= 15 is 0 Å². The maximum Gasteiger partial charge on any atom is 0.259 e. The number of benzene rings is 1. The van der Waals surface area contributed by atoms with Crippen LogP contribution in [0.15, 0.2) is 36.5 Å². The molecule has 2 amide bonds. The van der Waals surface area contributed by atoms with Gasteiger partial charge >= 0.3 is 0 Å². The van der Waals surface area contributed by atoms with E-state index in [-0.39, 0.29) is 53.6 Å². The van der Waals surface area contributed by atoms with Crippen molar-refractivity contribution in [3.05, 3.63) is 47.9 Å². The van der Waals surface area contributed by atoms with Crippen LogP contribution in [0.25, 0.3) is 11.1 Å². The SMILES string of the molecule is C[C@@H]1CN([C@H](C)CO)C(=O)c2cc(-c3cccc(F)c3)cnc2O[C@@H]1CN(C)C(=O)C1CCC1. The summed E-state index contributed by atoms with van der Waals surface area (Å²) in [5.74, 6) is -0.397. The Morgan fingerprint density at radius 1 is 1.32 bits per heavy atom. The molecule has 7 nitrogen and oxygen atoms in total. The molecular formula is C26H32FN3O4. The van der Waals surface area contributed by atoms with E-state index in [2.05, 4.69) is 4.98 Å². The van der Waals surface area contributed by atoms with Gasteiger partial charge in [0.2, 0.25) is 11.8 Å². The zero-order valence-electron chi connectivity index (χ0n) is 19.9. The minimum atomic E-state index is -0.409. The summed E-state index contributed by atoms with van der Waals surface area (Å²) in [6.07, 6.45) is 4.11. The van der Waals surface area contributed by atoms with Crippen molar-refractivity contribution < 1.29 is 23.8 Å². The van der Waals surface area contributed by atoms with Gasteiger partial charge in [-0.15, -0.1) is 0 Å². The Morgan fingerprint density at radius 2 is 2.09 bits per heavy atom. The van der Waals surface area contributed by atoms with Crippen LogP contribution in [0.3, 0.4) is 0 Å². The summed E-state index contributed by atoms with van der Waals surface area (Å²) in [7, 11) is 1.79. The third kappa shape index (κ3) is 4.92. The molecule has 2 heterocycles. The molecule has 2 aliphatic rings. The number of amides is 2. The first-order valence-electron chi connectivity index (χ1n) is 11.9. The van der Waals surface area contributed by atoms with Crippen LogP contribution in [-0.4, -0.2) is 70.6 Å². The lowest BCUT2D eigenvalue weighted by Gasteiger charge is -2.38. The molecule has 3 atom stereocenters. The highest BCUT2D eigenvalue weighted by molar-refractivity contribution is 5.98. The third-order valence-corrected chi connectivity index (χ3v) is 6.96. The second kappa shape index (κ2) is 10.1. The molecule has 1 aromatic carbocycles. The molecule has 0 saturated heterocycles. The molecule has 0 radical (unpaired) electrons. The second-order valence-corrected chi connectivity index (χ2v) is 9.56. The molecule has 1 N–H and O–H groups in total. The Bertz CT molecular complexity index is 1060. The number of aliphatic hydroxyl groups is 1. The number of fused-ring (bicyclic) bond motifs is 1. The summed E-state index contributed by atoms with van der Waals surface area (Å²) in [5, 5.41) is 9.81. The molecule has 1 aromatic heterocycles. The van der Waals surface area contributed by atoms with Crippen molar-refractivity contribution in [2.75, 3.05) is 26.7 Å². The lowest BCUT2D eigenvalue weighted by Crippen LogP contribution is -2.51. The number of halogens is 1. The van der Waals surface area contributed by atoms with Gasteiger partial charge in [0.15, 0.2) is 0 Å². The molecule has 2 aromatic rings. The first kappa shape index (κ1) is 24.1. The average Bonchev–Trinajstić information content (AvgIpc) is 2.79. The van der Waals surface area contributed by atoms with Gasteiger partial charge in [0, 0.05) is 37.2 Å². The highest BCUT2D eigenvalue weighted by Gasteiger charge is 2.36. The Morgan fingerprint density at radius 3 is 2.74 bits per heavy atom. The lowest BCUT2D eigenvalue weighted by atomic mass is 9.84. The summed E-state index contributed by atoms with van der Waals surface area (Å²) in [6.45, 7) is 4.32. The molecule has 182 valence electrons. The fourth-order valence-electron chi connectivity index (χ4n) is 4.47. The lowest BCUT2D eigenvalue weighted by molar-refractivity contribution is -0.138. The number of pyridine rings is 1. The van der Waals surface area contributed by atoms with Crippen LogP contribution in [-0.2, 0) is 4.79 Å². The van der Waals surface area contributed by atoms with Crippen LogP contribution in [0.5, 0.6) is 5.88 Å². The topological polar surface area (TPSA) is 83.0 Å². The van der Waals surface area contributed by atoms with Crippen molar-refractivity contribution in [3.63, 3.8) is 0 Å². The van der Waals surface area contributed by atoms with Crippen LogP contribution in [0.4, 0.5) is 4.39 Å². The second-order valence-electron chi connectivity index (χ2n) is 9.56. The van der Waals surface area contributed by atoms with E-state index < -0.39 is 6.04 Å². The largest absolute Gasteiger partial charge is 0.472 e. The molecule has 1 aliphatic heterocycles. The number of hydrogen-bond donors (Lipinski definition) is 1. The molecule has 4 rings (SSSR count). The molecule has 8 heteroatoms. The Labute approximate surface area is 199 Å². The fourth-order valence-corrected chi connectivity index (χ4v) is 4.47. The summed E-state index contributed by atoms with van der Waals surface area (Å²) >= 11 is 0. The van der Waals surface area contributed by atoms with Crippen molar-refractivity contribution in [2.24, 2.45) is 11.8 Å². The Kier molecular flexibility index (Phi) is 7.16. The fraction of sp³-hybridized carbons (Fsp3) is 0.500. The maximum atomic E-state index is 13.8. The van der Waals surface area contributed by atoms with E-state index in [0.29, 0.717) is 24.2 Å². The summed E-state index contributed by atoms with van der Waals surface area (Å²) < 4.78 is 20.0. The first-order valence-corrected chi connectivity index (χ1v) is 11.9. The summed E-state index contributed by atoms with van der Waals surface area (Å²) in [6, 6.07) is 7.35. The van der Waals surface area contributed by atoms with E-state index in [4.69, 9.17) is 4.74 Å². The van der Waals surface area contributed by atoms with Crippen LogP contribution in [0.1, 0.15) is 43.5 Å². The number of hydrogen-bond acceptors (Lipinski definition) is 5. The van der Waals surface area contributed by atoms with Gasteiger partial charge < -0.3 is 19.6 Å². The molecule has 0 spiro atoms. The average molecular weight is 470 g/mol. The number of ether oxygens (including phenoxy) is 1. The van der Waals surface area contributed by atoms with Crippen molar-refractivity contribution in [3.8, 4) is 17.0 Å². The van der Waals surface area contributed by atoms with Crippen molar-refractivity contribution >= 4 is 11.8 Å². The quantitative estimate of drug-likeness (QED) is 0.702. The smallest absolute Gasteiger partial charge is 0.259 e. The summed E-state index contributed by atoms with van der Waals surface area (Å²) in [4.78, 5) is 34.0. The third-order valence-electron chi connectivity index (χ3n) is 6.96. The van der Waals surface area contributed by atoms with Gasteiger partial charge in [-0.3, -0.25) is 9.59 Å². The van der Waals surface area contributed by atoms with E-state index in [1.54, 1.807) is 48.2 Å². The molecule has 0 bridgehead atoms. The highest BCUT2D eigenvalue weighted by atomic mass is 19.1. The van der Waals surface area contributed by atoms with Gasteiger partial charge in [0.25, 0.3) is 5.91 Å². The number of likely N-dealkylation sites (N-methyl/N-ethyl adjacent to an activating group) is 1. The Hall–Kier alpha value is -3.00. The van der Waals surface area contributed by atoms with Gasteiger partial charge in [-0.1, -0.05) is 25.5 Å². The van der Waals surface area contributed by atoms with Crippen LogP contribution >= 0.6 is 0 Å². The summed E-state index contributed by atoms with van der Waals surface area (Å²) in [5.41, 5.74) is 1.45. The minimum absolute atomic E-state index is 0.0839. The number of carbonyl (C=O) groups is 2. The van der Waals surface area contributed by atoms with Gasteiger partial charge in [-0.2, -0.15) is 0 Å². The van der Waals surface area contributed by atoms with Gasteiger partial charge in [-0.25, -0.2) is 9.37 Å². The normalized spacial score (nSPS) is 21.6. The van der Waals surface area contributed by atoms with Crippen LogP contribution in [0.2, 0.25) is 0 Å². The zero-order chi connectivity index (χ0) is 24.4. The minimum Gasteiger partial charge on any atom is -0.472 e. The van der Waals surface area contributed by atoms with E-state index in [0.717, 1.165) is 19.3 Å². The number of aromatic nitrogens is 1. The van der Waals surface area contributed by atoms with E-state index in [9.17, 15) is 19.1 Å². The van der Waals surface area contributed by atoms with Crippen LogP contribution < -0.4 is 4.74 Å². The molecule has 1 fully saturated rings. The monoisotopic (exact) mass is 469 g/mol. The van der Waals surface area contributed by atoms with Gasteiger partial charge in [0.05, 0.1) is 19.2 Å². The predicted octanol–water partition coefficient (Wildman–Crippen LogP) is 3.37. The molecule has 0 unspecified atom stereocenters. The van der Waals surface area contributed by atoms with Crippen molar-refractivity contribution in [2.45, 2.75) is 45.3 Å². The maximum absolute atomic E-state index is 13.8. The zero-order valence-corrected chi connectivity index (χ0v) is 19.9. The van der Waals surface area contributed by atoms with Gasteiger partial charge in [-0.05, 0) is 43.5 Å². The number of aliphatic hydroxyl groups excluding tert-OH is 1.